The van der Waals surface area contributed by atoms with Crippen LogP contribution in [0.4, 0.5) is 5.69 Å². The van der Waals surface area contributed by atoms with E-state index in [4.69, 9.17) is 9.47 Å². The molecule has 34 heavy (non-hydrogen) atoms. The van der Waals surface area contributed by atoms with Crippen LogP contribution in [-0.4, -0.2) is 67.1 Å². The van der Waals surface area contributed by atoms with Crippen molar-refractivity contribution >= 4 is 11.6 Å². The number of fused-ring (bicyclic) bond motifs is 1. The van der Waals surface area contributed by atoms with Gasteiger partial charge in [0.1, 0.15) is 0 Å². The molecule has 1 aromatic carbocycles. The number of piperazine rings is 1. The predicted octanol–water partition coefficient (Wildman–Crippen LogP) is 3.69. The third kappa shape index (κ3) is 5.80. The minimum atomic E-state index is -0.759. The molecule has 2 aliphatic heterocycles. The van der Waals surface area contributed by atoms with Crippen LogP contribution in [-0.2, 0) is 4.79 Å². The van der Waals surface area contributed by atoms with E-state index < -0.39 is 5.60 Å². The molecule has 0 atom stereocenters. The minimum Gasteiger partial charge on any atom is -0.454 e. The highest BCUT2D eigenvalue weighted by Gasteiger charge is 2.33. The fourth-order valence-corrected chi connectivity index (χ4v) is 6.30. The first-order chi connectivity index (χ1) is 16.6. The zero-order valence-electron chi connectivity index (χ0n) is 20.5. The SMILES string of the molecule is O=C(CC1(O)CCCCC1)NC1CCC(CCN2CCN(c3cccc4c3OCO4)CC2)CC1. The molecule has 1 amide bonds. The van der Waals surface area contributed by atoms with Crippen molar-refractivity contribution in [3.8, 4) is 11.5 Å². The van der Waals surface area contributed by atoms with Crippen molar-refractivity contribution in [2.75, 3.05) is 44.4 Å². The number of hydrogen-bond acceptors (Lipinski definition) is 6. The molecule has 4 aliphatic rings. The van der Waals surface area contributed by atoms with Gasteiger partial charge in [-0.05, 0) is 69.5 Å². The molecule has 188 valence electrons. The van der Waals surface area contributed by atoms with Gasteiger partial charge < -0.3 is 24.8 Å². The number of para-hydroxylation sites is 1. The van der Waals surface area contributed by atoms with Crippen LogP contribution in [0.15, 0.2) is 18.2 Å². The monoisotopic (exact) mass is 471 g/mol. The average molecular weight is 472 g/mol. The van der Waals surface area contributed by atoms with Crippen LogP contribution in [0.1, 0.15) is 70.6 Å². The van der Waals surface area contributed by atoms with Crippen LogP contribution >= 0.6 is 0 Å². The predicted molar refractivity (Wildman–Crippen MR) is 132 cm³/mol. The van der Waals surface area contributed by atoms with Gasteiger partial charge in [-0.3, -0.25) is 9.69 Å². The Balaban J connectivity index is 0.988. The average Bonchev–Trinajstić information content (AvgIpc) is 3.33. The number of anilines is 1. The summed E-state index contributed by atoms with van der Waals surface area (Å²) in [5, 5.41) is 13.9. The molecule has 0 spiro atoms. The van der Waals surface area contributed by atoms with Gasteiger partial charge in [0.05, 0.1) is 17.7 Å². The molecule has 5 rings (SSSR count). The van der Waals surface area contributed by atoms with E-state index in [2.05, 4.69) is 21.2 Å². The van der Waals surface area contributed by atoms with Gasteiger partial charge in [-0.1, -0.05) is 25.3 Å². The number of hydrogen-bond donors (Lipinski definition) is 2. The van der Waals surface area contributed by atoms with Crippen LogP contribution in [0.5, 0.6) is 11.5 Å². The number of rotatable bonds is 7. The summed E-state index contributed by atoms with van der Waals surface area (Å²) in [6.45, 7) is 5.68. The van der Waals surface area contributed by atoms with Gasteiger partial charge in [-0.2, -0.15) is 0 Å². The molecule has 2 aliphatic carbocycles. The fraction of sp³-hybridized carbons (Fsp3) is 0.741. The minimum absolute atomic E-state index is 0.0479. The highest BCUT2D eigenvalue weighted by Crippen LogP contribution is 2.41. The largest absolute Gasteiger partial charge is 0.454 e. The zero-order valence-corrected chi connectivity index (χ0v) is 20.5. The molecular formula is C27H41N3O4. The number of carbonyl (C=O) groups excluding carboxylic acids is 1. The lowest BCUT2D eigenvalue weighted by Crippen LogP contribution is -2.47. The lowest BCUT2D eigenvalue weighted by atomic mass is 9.81. The Morgan fingerprint density at radius 3 is 2.56 bits per heavy atom. The summed E-state index contributed by atoms with van der Waals surface area (Å²) < 4.78 is 11.2. The van der Waals surface area contributed by atoms with Crippen LogP contribution in [0, 0.1) is 5.92 Å². The molecule has 7 nitrogen and oxygen atoms in total. The van der Waals surface area contributed by atoms with E-state index in [1.54, 1.807) is 0 Å². The molecular weight excluding hydrogens is 430 g/mol. The topological polar surface area (TPSA) is 74.3 Å². The Morgan fingerprint density at radius 2 is 1.79 bits per heavy atom. The first-order valence-electron chi connectivity index (χ1n) is 13.5. The quantitative estimate of drug-likeness (QED) is 0.632. The van der Waals surface area contributed by atoms with Gasteiger partial charge in [0.25, 0.3) is 0 Å². The molecule has 2 saturated carbocycles. The smallest absolute Gasteiger partial charge is 0.231 e. The van der Waals surface area contributed by atoms with Crippen LogP contribution < -0.4 is 19.7 Å². The third-order valence-electron chi connectivity index (χ3n) is 8.43. The second-order valence-corrected chi connectivity index (χ2v) is 10.9. The molecule has 7 heteroatoms. The van der Waals surface area contributed by atoms with Gasteiger partial charge in [0, 0.05) is 32.2 Å². The van der Waals surface area contributed by atoms with Gasteiger partial charge in [-0.15, -0.1) is 0 Å². The Bertz CT molecular complexity index is 825. The summed E-state index contributed by atoms with van der Waals surface area (Å²) in [6, 6.07) is 6.45. The number of aliphatic hydroxyl groups is 1. The third-order valence-corrected chi connectivity index (χ3v) is 8.43. The molecule has 3 fully saturated rings. The van der Waals surface area contributed by atoms with Crippen molar-refractivity contribution in [1.82, 2.24) is 10.2 Å². The summed E-state index contributed by atoms with van der Waals surface area (Å²) in [5.41, 5.74) is 0.399. The summed E-state index contributed by atoms with van der Waals surface area (Å²) >= 11 is 0. The van der Waals surface area contributed by atoms with Gasteiger partial charge in [0.15, 0.2) is 11.5 Å². The maximum absolute atomic E-state index is 12.5. The normalized spacial score (nSPS) is 26.9. The maximum Gasteiger partial charge on any atom is 0.231 e. The molecule has 0 aromatic heterocycles. The zero-order chi connectivity index (χ0) is 23.4. The molecule has 2 heterocycles. The van der Waals surface area contributed by atoms with Gasteiger partial charge in [-0.25, -0.2) is 0 Å². The number of amides is 1. The van der Waals surface area contributed by atoms with Crippen molar-refractivity contribution in [2.45, 2.75) is 82.3 Å². The van der Waals surface area contributed by atoms with Crippen LogP contribution in [0.2, 0.25) is 0 Å². The Labute approximate surface area is 203 Å². The van der Waals surface area contributed by atoms with Gasteiger partial charge >= 0.3 is 0 Å². The Kier molecular flexibility index (Phi) is 7.49. The van der Waals surface area contributed by atoms with E-state index in [1.165, 1.54) is 25.7 Å². The van der Waals surface area contributed by atoms with Crippen LogP contribution in [0.25, 0.3) is 0 Å². The van der Waals surface area contributed by atoms with E-state index in [-0.39, 0.29) is 12.3 Å². The molecule has 0 bridgehead atoms. The van der Waals surface area contributed by atoms with Crippen molar-refractivity contribution < 1.29 is 19.4 Å². The van der Waals surface area contributed by atoms with Crippen LogP contribution in [0.3, 0.4) is 0 Å². The van der Waals surface area contributed by atoms with Crippen molar-refractivity contribution in [3.63, 3.8) is 0 Å². The summed E-state index contributed by atoms with van der Waals surface area (Å²) in [4.78, 5) is 17.5. The highest BCUT2D eigenvalue weighted by atomic mass is 16.7. The summed E-state index contributed by atoms with van der Waals surface area (Å²) in [6.07, 6.45) is 10.9. The maximum atomic E-state index is 12.5. The first-order valence-corrected chi connectivity index (χ1v) is 13.5. The number of ether oxygens (including phenoxy) is 2. The molecule has 0 unspecified atom stereocenters. The lowest BCUT2D eigenvalue weighted by Gasteiger charge is -2.37. The van der Waals surface area contributed by atoms with E-state index >= 15 is 0 Å². The summed E-state index contributed by atoms with van der Waals surface area (Å²) in [5.74, 6) is 2.56. The number of carbonyl (C=O) groups is 1. The highest BCUT2D eigenvalue weighted by molar-refractivity contribution is 5.77. The second kappa shape index (κ2) is 10.7. The van der Waals surface area contributed by atoms with Gasteiger partial charge in [0.2, 0.25) is 12.7 Å². The van der Waals surface area contributed by atoms with Crippen molar-refractivity contribution in [3.05, 3.63) is 18.2 Å². The molecule has 0 radical (unpaired) electrons. The number of benzene rings is 1. The molecule has 2 N–H and O–H groups in total. The van der Waals surface area contributed by atoms with Crippen molar-refractivity contribution in [1.29, 1.82) is 0 Å². The van der Waals surface area contributed by atoms with E-state index in [9.17, 15) is 9.90 Å². The van der Waals surface area contributed by atoms with Crippen molar-refractivity contribution in [2.24, 2.45) is 5.92 Å². The first kappa shape index (κ1) is 23.7. The standard InChI is InChI=1S/C27H41N3O4/c31-25(19-27(32)12-2-1-3-13-27)28-22-9-7-21(8-10-22)11-14-29-15-17-30(18-16-29)23-5-4-6-24-26(23)34-20-33-24/h4-6,21-22,32H,1-3,7-20H2,(H,28,31). The Morgan fingerprint density at radius 1 is 1.03 bits per heavy atom. The summed E-state index contributed by atoms with van der Waals surface area (Å²) in [7, 11) is 0. The lowest BCUT2D eigenvalue weighted by molar-refractivity contribution is -0.128. The second-order valence-electron chi connectivity index (χ2n) is 10.9. The fourth-order valence-electron chi connectivity index (χ4n) is 6.30. The van der Waals surface area contributed by atoms with E-state index in [0.29, 0.717) is 12.8 Å². The van der Waals surface area contributed by atoms with E-state index in [0.717, 1.165) is 94.4 Å². The molecule has 1 saturated heterocycles. The van der Waals surface area contributed by atoms with E-state index in [1.807, 2.05) is 12.1 Å². The Hall–Kier alpha value is -1.99. The molecule has 1 aromatic rings. The number of nitrogens with one attached hydrogen (secondary N) is 1. The number of nitrogens with zero attached hydrogens (tertiary/aromatic N) is 2.